The van der Waals surface area contributed by atoms with E-state index in [4.69, 9.17) is 65.6 Å². The van der Waals surface area contributed by atoms with Gasteiger partial charge in [0.05, 0.1) is 86.9 Å². The Kier molecular flexibility index (Phi) is 21.9. The van der Waals surface area contributed by atoms with E-state index in [0.29, 0.717) is 68.3 Å². The van der Waals surface area contributed by atoms with Gasteiger partial charge in [-0.15, -0.1) is 0 Å². The lowest BCUT2D eigenvalue weighted by Crippen LogP contribution is -2.52. The third-order valence-electron chi connectivity index (χ3n) is 22.0. The first-order chi connectivity index (χ1) is 55.4. The lowest BCUT2D eigenvalue weighted by atomic mass is 9.82. The van der Waals surface area contributed by atoms with Crippen LogP contribution in [-0.2, 0) is 68.3 Å². The average Bonchev–Trinajstić information content (AvgIpc) is 1.56. The molecule has 28 nitrogen and oxygen atoms in total. The number of hydrogen-bond donors (Lipinski definition) is 7. The fraction of sp³-hybridized carbons (Fsp3) is 0.312. The number of carboxylic acid groups (broad SMARTS) is 1. The van der Waals surface area contributed by atoms with Crippen LogP contribution in [0.4, 0.5) is 36.4 Å². The highest BCUT2D eigenvalue weighted by atomic mass is 127. The molecule has 600 valence electrons. The van der Waals surface area contributed by atoms with Gasteiger partial charge in [0.2, 0.25) is 23.7 Å². The van der Waals surface area contributed by atoms with Gasteiger partial charge in [-0.2, -0.15) is 33.9 Å². The summed E-state index contributed by atoms with van der Waals surface area (Å²) in [4.78, 5) is 114. The molecule has 4 aliphatic carbocycles. The van der Waals surface area contributed by atoms with Crippen molar-refractivity contribution in [2.45, 2.75) is 156 Å². The molecule has 17 rings (SSSR count). The zero-order valence-electron chi connectivity index (χ0n) is 63.2. The van der Waals surface area contributed by atoms with Crippen LogP contribution in [0.1, 0.15) is 148 Å². The van der Waals surface area contributed by atoms with Crippen LogP contribution in [0.5, 0.6) is 0 Å². The first-order valence-corrected chi connectivity index (χ1v) is 39.3. The van der Waals surface area contributed by atoms with Gasteiger partial charge < -0.3 is 35.7 Å². The highest BCUT2D eigenvalue weighted by Crippen LogP contribution is 2.51. The quantitative estimate of drug-likeness (QED) is 0.0310. The number of nitrogens with one attached hydrogen (secondary N) is 6. The van der Waals surface area contributed by atoms with E-state index in [-0.39, 0.29) is 78.1 Å². The Morgan fingerprint density at radius 1 is 0.547 bits per heavy atom. The van der Waals surface area contributed by atoms with E-state index < -0.39 is 57.2 Å². The molecule has 4 aromatic carbocycles. The van der Waals surface area contributed by atoms with Crippen molar-refractivity contribution in [2.24, 2.45) is 0 Å². The molecule has 0 radical (unpaired) electrons. The number of aromatic nitrogens is 10. The number of hydrogen-bond acceptors (Lipinski definition) is 17. The summed E-state index contributed by atoms with van der Waals surface area (Å²) in [7, 11) is -0.307. The van der Waals surface area contributed by atoms with Crippen LogP contribution in [0.15, 0.2) is 159 Å². The molecule has 6 aromatic heterocycles. The van der Waals surface area contributed by atoms with Gasteiger partial charge in [0.1, 0.15) is 33.5 Å². The molecule has 3 aliphatic heterocycles. The van der Waals surface area contributed by atoms with E-state index >= 15 is 0 Å². The Labute approximate surface area is 700 Å². The monoisotopic (exact) mass is 1780 g/mol. The Bertz CT molecular complexity index is 5650. The summed E-state index contributed by atoms with van der Waals surface area (Å²) in [6, 6.07) is 35.3. The number of carbonyl (C=O) groups excluding carboxylic acids is 6. The number of aromatic amines is 2. The smallest absolute Gasteiger partial charge is 0.475 e. The number of nitriles is 2. The summed E-state index contributed by atoms with van der Waals surface area (Å²) >= 11 is 27.5. The van der Waals surface area contributed by atoms with Crippen LogP contribution in [0.3, 0.4) is 0 Å². The van der Waals surface area contributed by atoms with E-state index in [1.54, 1.807) is 145 Å². The van der Waals surface area contributed by atoms with Crippen LogP contribution in [0.2, 0.25) is 20.1 Å². The summed E-state index contributed by atoms with van der Waals surface area (Å²) in [6.45, 7) is 11.6. The lowest BCUT2D eigenvalue weighted by Gasteiger charge is -2.32. The number of halogens is 8. The number of pyridine rings is 2. The average molecular weight is 1780 g/mol. The van der Waals surface area contributed by atoms with E-state index in [9.17, 15) is 52.5 Å². The molecule has 5 fully saturated rings. The number of benzene rings is 4. The molecule has 0 bridgehead atoms. The lowest BCUT2D eigenvalue weighted by molar-refractivity contribution is -0.192. The molecule has 0 spiro atoms. The van der Waals surface area contributed by atoms with Crippen molar-refractivity contribution in [3.05, 3.63) is 227 Å². The number of anilines is 4. The van der Waals surface area contributed by atoms with Gasteiger partial charge in [-0.25, -0.2) is 24.6 Å². The number of rotatable bonds is 18. The van der Waals surface area contributed by atoms with Crippen molar-refractivity contribution in [3.63, 3.8) is 0 Å². The summed E-state index contributed by atoms with van der Waals surface area (Å²) in [5.74, 6) is -4.61. The van der Waals surface area contributed by atoms with Crippen LogP contribution in [0, 0.1) is 26.2 Å². The Balaban J connectivity index is 0.000000155. The molecule has 37 heteroatoms. The number of imidazole rings is 2. The first-order valence-electron chi connectivity index (χ1n) is 36.7. The minimum absolute atomic E-state index is 0.120. The maximum atomic E-state index is 14.4. The number of fused-ring (bicyclic) bond motifs is 2. The largest absolute Gasteiger partial charge is 0.498 e. The standard InChI is InChI=1S/C36H29Cl2N9O3.C33H26Cl2IN7O3.C9H15BN2O2.C2HF3O2/c1-34(16-21-2-4-22(17-39)5-3-21)32(50)46(27-14-25(37)13-26(38)15-27)33-41-20-28(47(33)34)30(48)44-36(9-10-36)31(49)45-35(7-8-35)29-12-23(6-11-40-29)24-18-42-43-19-24;1-31(16-19-2-4-20(17-37)5-3-19)29(46)42(24-13-21(34)12-22(35)14-24)30-39-18-25(43(30)31)27(44)40-33(9-10-33)28(45)41-32(7-8-32)26-15-23(36)6-11-38-26;1-8(2)9(3,4)14-10(13-8)7-5-11-12-6-7;3-2(4,5)1(6)7/h2-6,11-15,18-20H,7-10,16H2,1H3,(H,42,43)(H,44,48)(H,45,49);2-6,11-15,18H,7-10,16H2,1H3,(H,40,44)(H,41,45);5-6H,1-4H3,(H,11,12);(H,6,7)/t34-;31-;;/m11../s1. The number of carboxylic acids is 1. The van der Waals surface area contributed by atoms with Crippen molar-refractivity contribution >= 4 is 146 Å². The first kappa shape index (κ1) is 82.5. The minimum atomic E-state index is -5.08. The van der Waals surface area contributed by atoms with Crippen LogP contribution in [0.25, 0.3) is 11.1 Å². The second kappa shape index (κ2) is 31.1. The summed E-state index contributed by atoms with van der Waals surface area (Å²) in [5.41, 5.74) is 1.38. The minimum Gasteiger partial charge on any atom is -0.475 e. The summed E-state index contributed by atoms with van der Waals surface area (Å²) in [5, 5.41) is 52.8. The fourth-order valence-corrected chi connectivity index (χ4v) is 15.7. The van der Waals surface area contributed by atoms with Crippen molar-refractivity contribution < 1.29 is 61.1 Å². The molecule has 7 N–H and O–H groups in total. The Morgan fingerprint density at radius 2 is 0.949 bits per heavy atom. The predicted molar refractivity (Wildman–Crippen MR) is 432 cm³/mol. The maximum Gasteiger partial charge on any atom is 0.498 e. The Hall–Kier alpha value is -11.0. The van der Waals surface area contributed by atoms with Gasteiger partial charge in [-0.05, 0) is 217 Å². The van der Waals surface area contributed by atoms with Crippen LogP contribution in [-0.4, -0.2) is 132 Å². The molecular formula is C80H71BCl4F3IN18O10. The third-order valence-corrected chi connectivity index (χ3v) is 23.5. The topological polar surface area (TPSA) is 379 Å². The summed E-state index contributed by atoms with van der Waals surface area (Å²) < 4.78 is 47.6. The second-order valence-electron chi connectivity index (χ2n) is 31.0. The molecule has 2 atom stereocenters. The second-order valence-corrected chi connectivity index (χ2v) is 33.9. The molecule has 1 saturated heterocycles. The number of amides is 6. The van der Waals surface area contributed by atoms with Gasteiger partial charge in [0, 0.05) is 78.5 Å². The van der Waals surface area contributed by atoms with E-state index in [0.717, 1.165) is 68.4 Å². The zero-order chi connectivity index (χ0) is 83.7. The maximum absolute atomic E-state index is 14.4. The van der Waals surface area contributed by atoms with Gasteiger partial charge in [0.25, 0.3) is 23.6 Å². The molecule has 117 heavy (non-hydrogen) atoms. The number of alkyl halides is 3. The SMILES string of the molecule is CC1(C)OB(c2cn[nH]c2)OC1(C)C.C[C@@]1(Cc2ccc(C#N)cc2)C(=O)N(c2cc(Cl)cc(Cl)c2)c2ncc(C(=O)NC3(C(=O)NC4(c5cc(-c6cn[nH]c6)ccn5)CC4)CC3)n21.C[C@@]1(Cc2ccc(C#N)cc2)C(=O)N(c2cc(Cl)cc(Cl)c2)c2ncc(C(=O)NC3(C(=O)NC4(c5cc(I)ccn5)CC4)CC3)n21.O=C(O)C(F)(F)F. The van der Waals surface area contributed by atoms with Gasteiger partial charge in [-0.3, -0.25) is 58.1 Å². The normalized spacial score (nSPS) is 19.7. The molecule has 9 heterocycles. The third kappa shape index (κ3) is 16.5. The van der Waals surface area contributed by atoms with Crippen molar-refractivity contribution in [3.8, 4) is 23.3 Å². The van der Waals surface area contributed by atoms with Gasteiger partial charge in [-0.1, -0.05) is 70.7 Å². The summed E-state index contributed by atoms with van der Waals surface area (Å²) in [6.07, 6.45) is 13.5. The molecule has 6 amide bonds. The highest BCUT2D eigenvalue weighted by molar-refractivity contribution is 14.1. The molecule has 10 aromatic rings. The fourth-order valence-electron chi connectivity index (χ4n) is 14.2. The number of H-pyrrole nitrogens is 2. The van der Waals surface area contributed by atoms with Crippen molar-refractivity contribution in [1.82, 2.24) is 70.7 Å². The van der Waals surface area contributed by atoms with Crippen molar-refractivity contribution in [1.29, 1.82) is 10.5 Å². The van der Waals surface area contributed by atoms with Gasteiger partial charge >= 0.3 is 19.3 Å². The zero-order valence-corrected chi connectivity index (χ0v) is 68.4. The highest BCUT2D eigenvalue weighted by Gasteiger charge is 2.61. The predicted octanol–water partition coefficient (Wildman–Crippen LogP) is 12.7. The number of nitrogens with zero attached hydrogens (tertiary/aromatic N) is 12. The van der Waals surface area contributed by atoms with Gasteiger partial charge in [0.15, 0.2) is 0 Å². The molecule has 0 unspecified atom stereocenters. The number of carbonyl (C=O) groups is 7. The molecule has 7 aliphatic rings. The van der Waals surface area contributed by atoms with E-state index in [1.165, 1.54) is 22.2 Å². The van der Waals surface area contributed by atoms with E-state index in [2.05, 4.69) is 96.3 Å². The van der Waals surface area contributed by atoms with Crippen LogP contribution < -0.4 is 36.5 Å². The molecular weight excluding hydrogens is 1710 g/mol. The van der Waals surface area contributed by atoms with E-state index in [1.807, 2.05) is 52.0 Å². The van der Waals surface area contributed by atoms with Crippen LogP contribution >= 0.6 is 69.0 Å². The van der Waals surface area contributed by atoms with Crippen molar-refractivity contribution in [2.75, 3.05) is 9.80 Å². The number of aliphatic carboxylic acids is 1. The Morgan fingerprint density at radius 3 is 1.31 bits per heavy atom. The molecule has 4 saturated carbocycles.